The molecule has 0 N–H and O–H groups in total. The fourth-order valence-electron chi connectivity index (χ4n) is 6.47. The molecule has 0 spiro atoms. The van der Waals surface area contributed by atoms with Crippen molar-refractivity contribution in [2.45, 2.75) is 44.0 Å². The summed E-state index contributed by atoms with van der Waals surface area (Å²) < 4.78 is 54.5. The molecule has 12 heteroatoms. The number of hydrogen-bond donors (Lipinski definition) is 0. The molecule has 0 radical (unpaired) electrons. The first-order valence-electron chi connectivity index (χ1n) is 12.5. The van der Waals surface area contributed by atoms with Crippen LogP contribution in [0, 0.1) is 40.7 Å². The number of sulfone groups is 1. The smallest absolute Gasteiger partial charge is 0.197 e. The molecule has 3 aromatic rings. The van der Waals surface area contributed by atoms with Crippen LogP contribution in [0.3, 0.4) is 0 Å². The van der Waals surface area contributed by atoms with E-state index in [1.54, 1.807) is 12.3 Å². The molecule has 3 heterocycles. The highest BCUT2D eigenvalue weighted by Gasteiger charge is 2.62. The van der Waals surface area contributed by atoms with Crippen LogP contribution in [0.2, 0.25) is 0 Å². The Hall–Kier alpha value is -3.85. The zero-order valence-corrected chi connectivity index (χ0v) is 22.3. The first-order chi connectivity index (χ1) is 18.5. The molecule has 1 saturated carbocycles. The van der Waals surface area contributed by atoms with Crippen molar-refractivity contribution in [3.63, 3.8) is 0 Å². The number of allylic oxidation sites excluding steroid dienone is 1. The summed E-state index contributed by atoms with van der Waals surface area (Å²) in [5.41, 5.74) is -0.519. The van der Waals surface area contributed by atoms with Gasteiger partial charge in [-0.05, 0) is 48.4 Å². The van der Waals surface area contributed by atoms with Gasteiger partial charge in [0, 0.05) is 18.4 Å². The van der Waals surface area contributed by atoms with Crippen LogP contribution in [-0.4, -0.2) is 45.4 Å². The Bertz CT molecular complexity index is 1700. The monoisotopic (exact) mass is 549 g/mol. The zero-order valence-electron chi connectivity index (χ0n) is 21.5. The lowest BCUT2D eigenvalue weighted by Crippen LogP contribution is -2.48. The lowest BCUT2D eigenvalue weighted by atomic mass is 9.59. The number of benzene rings is 1. The predicted octanol–water partition coefficient (Wildman–Crippen LogP) is 4.20. The third-order valence-electron chi connectivity index (χ3n) is 8.34. The number of hydrogen-bond acceptors (Lipinski definition) is 8. The Morgan fingerprint density at radius 3 is 2.64 bits per heavy atom. The van der Waals surface area contributed by atoms with Crippen molar-refractivity contribution in [3.8, 4) is 23.5 Å². The largest absolute Gasteiger partial charge is 0.234 e. The van der Waals surface area contributed by atoms with Crippen LogP contribution in [0.5, 0.6) is 0 Å². The van der Waals surface area contributed by atoms with Gasteiger partial charge in [-0.15, -0.1) is 0 Å². The third kappa shape index (κ3) is 3.98. The van der Waals surface area contributed by atoms with E-state index in [1.807, 2.05) is 6.07 Å². The number of nitrogens with zero attached hydrogens (tertiary/aromatic N) is 7. The fourth-order valence-corrected chi connectivity index (χ4v) is 7.10. The van der Waals surface area contributed by atoms with Gasteiger partial charge < -0.3 is 0 Å². The van der Waals surface area contributed by atoms with Crippen LogP contribution >= 0.6 is 0 Å². The normalized spacial score (nSPS) is 28.1. The highest BCUT2D eigenvalue weighted by atomic mass is 32.2. The Morgan fingerprint density at radius 1 is 1.13 bits per heavy atom. The molecule has 2 aliphatic carbocycles. The first-order valence-corrected chi connectivity index (χ1v) is 14.5. The summed E-state index contributed by atoms with van der Waals surface area (Å²) in [7, 11) is -3.39. The Morgan fingerprint density at radius 2 is 1.90 bits per heavy atom. The minimum atomic E-state index is -3.39. The van der Waals surface area contributed by atoms with Gasteiger partial charge in [0.05, 0.1) is 22.4 Å². The standard InChI is InChI=1S/C27H25F2N7O2S/c1-26(2)17-9-11-27(26,21-10-12-30-24(33-21)25-31-14-32-36(25)15-39(3,37)38)22-8-7-16(17)13-20(34-35-22)23-18(28)5-4-6-19(23)29/h4-6,10,12-14,16-17,22H,9,11,15H2,1-3H3/b20-13-,35-34?/t16?,17-,22?,27-/m0/s1. The van der Waals surface area contributed by atoms with Gasteiger partial charge in [-0.3, -0.25) is 0 Å². The minimum Gasteiger partial charge on any atom is -0.234 e. The summed E-state index contributed by atoms with van der Waals surface area (Å²) in [5, 5.41) is 13.0. The second kappa shape index (κ2) is 8.84. The minimum absolute atomic E-state index is 0.0376. The molecule has 200 valence electrons. The third-order valence-corrected chi connectivity index (χ3v) is 9.05. The van der Waals surface area contributed by atoms with Crippen LogP contribution in [0.15, 0.2) is 53.1 Å². The average molecular weight is 550 g/mol. The maximum Gasteiger partial charge on any atom is 0.197 e. The first kappa shape index (κ1) is 25.4. The molecule has 1 fully saturated rings. The van der Waals surface area contributed by atoms with E-state index in [1.165, 1.54) is 29.2 Å². The molecule has 1 aliphatic heterocycles. The molecular formula is C27H25F2N7O2S. The van der Waals surface area contributed by atoms with Crippen molar-refractivity contribution in [1.82, 2.24) is 24.7 Å². The quantitative estimate of drug-likeness (QED) is 0.441. The van der Waals surface area contributed by atoms with E-state index >= 15 is 0 Å². The van der Waals surface area contributed by atoms with Crippen molar-refractivity contribution in [2.24, 2.45) is 27.5 Å². The van der Waals surface area contributed by atoms with E-state index in [0.29, 0.717) is 12.1 Å². The molecule has 39 heavy (non-hydrogen) atoms. The van der Waals surface area contributed by atoms with Crippen LogP contribution in [-0.2, 0) is 21.1 Å². The topological polar surface area (TPSA) is 115 Å². The second-order valence-electron chi connectivity index (χ2n) is 10.8. The molecule has 1 aromatic carbocycles. The number of rotatable bonds is 5. The number of halogens is 2. The van der Waals surface area contributed by atoms with Gasteiger partial charge in [-0.1, -0.05) is 31.8 Å². The Balaban J connectivity index is 1.49. The molecule has 3 aliphatic rings. The molecule has 2 aromatic heterocycles. The summed E-state index contributed by atoms with van der Waals surface area (Å²) in [4.78, 5) is 13.5. The highest BCUT2D eigenvalue weighted by molar-refractivity contribution is 7.89. The fraction of sp³-hybridized carbons (Fsp3) is 0.407. The van der Waals surface area contributed by atoms with Gasteiger partial charge in [0.1, 0.15) is 29.9 Å². The molecule has 4 atom stereocenters. The zero-order chi connectivity index (χ0) is 27.6. The van der Waals surface area contributed by atoms with Crippen LogP contribution in [0.4, 0.5) is 8.78 Å². The van der Waals surface area contributed by atoms with Crippen LogP contribution < -0.4 is 0 Å². The van der Waals surface area contributed by atoms with Gasteiger partial charge in [0.2, 0.25) is 0 Å². The molecule has 4 bridgehead atoms. The number of fused-ring (bicyclic) bond motifs is 6. The van der Waals surface area contributed by atoms with Crippen LogP contribution in [0.1, 0.15) is 37.9 Å². The van der Waals surface area contributed by atoms with E-state index < -0.39 is 38.3 Å². The second-order valence-corrected chi connectivity index (χ2v) is 12.9. The highest BCUT2D eigenvalue weighted by Crippen LogP contribution is 2.63. The Kier molecular flexibility index (Phi) is 5.77. The summed E-state index contributed by atoms with van der Waals surface area (Å²) in [5.74, 6) is 5.04. The van der Waals surface area contributed by atoms with Gasteiger partial charge in [0.15, 0.2) is 21.5 Å². The molecule has 0 amide bonds. The SMILES string of the molecule is CC1(C)[C@H]2CC[C@]1(c1ccnc(-c3ncnn3CS(C)(=O)=O)n1)C1C#CC2/C=C(/c2c(F)cccc2F)N=N1. The predicted molar refractivity (Wildman–Crippen MR) is 138 cm³/mol. The van der Waals surface area contributed by atoms with Gasteiger partial charge in [0.25, 0.3) is 0 Å². The van der Waals surface area contributed by atoms with Crippen molar-refractivity contribution in [3.05, 3.63) is 65.8 Å². The van der Waals surface area contributed by atoms with Crippen molar-refractivity contribution in [2.75, 3.05) is 6.26 Å². The van der Waals surface area contributed by atoms with E-state index in [2.05, 4.69) is 51.0 Å². The number of aromatic nitrogens is 5. The number of azo groups is 1. The maximum absolute atomic E-state index is 14.7. The van der Waals surface area contributed by atoms with Gasteiger partial charge in [-0.25, -0.2) is 36.8 Å². The van der Waals surface area contributed by atoms with E-state index in [4.69, 9.17) is 4.98 Å². The van der Waals surface area contributed by atoms with Crippen LogP contribution in [0.25, 0.3) is 17.3 Å². The lowest BCUT2D eigenvalue weighted by Gasteiger charge is -2.45. The summed E-state index contributed by atoms with van der Waals surface area (Å²) in [6.07, 6.45) is 7.23. The molecule has 0 saturated heterocycles. The van der Waals surface area contributed by atoms with Crippen molar-refractivity contribution >= 4 is 15.5 Å². The molecule has 6 rings (SSSR count). The van der Waals surface area contributed by atoms with Crippen molar-refractivity contribution in [1.29, 1.82) is 0 Å². The van der Waals surface area contributed by atoms with E-state index in [0.717, 1.165) is 12.7 Å². The summed E-state index contributed by atoms with van der Waals surface area (Å²) >= 11 is 0. The van der Waals surface area contributed by atoms with E-state index in [9.17, 15) is 17.2 Å². The average Bonchev–Trinajstić information content (AvgIpc) is 3.39. The Labute approximate surface area is 224 Å². The van der Waals surface area contributed by atoms with Gasteiger partial charge >= 0.3 is 0 Å². The van der Waals surface area contributed by atoms with Crippen molar-refractivity contribution < 1.29 is 17.2 Å². The lowest BCUT2D eigenvalue weighted by molar-refractivity contribution is 0.122. The summed E-state index contributed by atoms with van der Waals surface area (Å²) in [6.45, 7) is 4.29. The van der Waals surface area contributed by atoms with Gasteiger partial charge in [-0.2, -0.15) is 15.3 Å². The molecular weight excluding hydrogens is 524 g/mol. The van der Waals surface area contributed by atoms with E-state index in [-0.39, 0.29) is 40.6 Å². The molecule has 9 nitrogen and oxygen atoms in total. The molecule has 2 unspecified atom stereocenters. The maximum atomic E-state index is 14.7. The summed E-state index contributed by atoms with van der Waals surface area (Å²) in [6, 6.07) is 4.90.